The van der Waals surface area contributed by atoms with Crippen molar-refractivity contribution >= 4 is 23.1 Å². The van der Waals surface area contributed by atoms with E-state index < -0.39 is 0 Å². The summed E-state index contributed by atoms with van der Waals surface area (Å²) in [6, 6.07) is 16.6. The van der Waals surface area contributed by atoms with Crippen molar-refractivity contribution in [1.82, 2.24) is 14.7 Å². The molecular formula is C30H39N3O2. The smallest absolute Gasteiger partial charge is 0.144 e. The molecule has 3 aromatic heterocycles. The average Bonchev–Trinajstić information content (AvgIpc) is 3.59. The van der Waals surface area contributed by atoms with Gasteiger partial charge in [0.25, 0.3) is 0 Å². The van der Waals surface area contributed by atoms with E-state index in [2.05, 4.69) is 59.4 Å². The molecule has 3 heterocycles. The summed E-state index contributed by atoms with van der Waals surface area (Å²) in [7, 11) is 3.39. The minimum absolute atomic E-state index is 0.798. The monoisotopic (exact) mass is 473 g/mol. The highest BCUT2D eigenvalue weighted by atomic mass is 16.6. The SMILES string of the molecule is CCCCCCCCCCC=c1ccc(=Cc2[nH]c(-c3cc4ccccc4n3OC)cc2OC)[nH]1. The lowest BCUT2D eigenvalue weighted by Gasteiger charge is -2.06. The Balaban J connectivity index is 1.44. The van der Waals surface area contributed by atoms with Crippen LogP contribution < -0.4 is 20.3 Å². The first kappa shape index (κ1) is 24.8. The second-order valence-electron chi connectivity index (χ2n) is 9.21. The molecule has 0 radical (unpaired) electrons. The van der Waals surface area contributed by atoms with Gasteiger partial charge in [0.05, 0.1) is 24.0 Å². The Bertz CT molecular complexity index is 1330. The molecule has 0 saturated heterocycles. The number of fused-ring (bicyclic) bond motifs is 1. The van der Waals surface area contributed by atoms with E-state index in [0.29, 0.717) is 0 Å². The van der Waals surface area contributed by atoms with Crippen LogP contribution in [0.25, 0.3) is 34.4 Å². The number of nitrogens with zero attached hydrogens (tertiary/aromatic N) is 1. The van der Waals surface area contributed by atoms with Gasteiger partial charge in [-0.25, -0.2) is 0 Å². The summed E-state index contributed by atoms with van der Waals surface area (Å²) >= 11 is 0. The number of para-hydroxylation sites is 1. The number of hydrogen-bond donors (Lipinski definition) is 2. The van der Waals surface area contributed by atoms with Crippen LogP contribution in [0.3, 0.4) is 0 Å². The van der Waals surface area contributed by atoms with E-state index in [1.165, 1.54) is 56.7 Å². The van der Waals surface area contributed by atoms with E-state index >= 15 is 0 Å². The highest BCUT2D eigenvalue weighted by Crippen LogP contribution is 2.31. The van der Waals surface area contributed by atoms with Crippen LogP contribution in [0.4, 0.5) is 0 Å². The maximum atomic E-state index is 5.68. The van der Waals surface area contributed by atoms with Gasteiger partial charge in [0.15, 0.2) is 0 Å². The van der Waals surface area contributed by atoms with Crippen molar-refractivity contribution in [2.45, 2.75) is 64.7 Å². The zero-order valence-corrected chi connectivity index (χ0v) is 21.4. The van der Waals surface area contributed by atoms with E-state index in [0.717, 1.165) is 45.5 Å². The maximum Gasteiger partial charge on any atom is 0.144 e. The van der Waals surface area contributed by atoms with Crippen LogP contribution in [0.5, 0.6) is 5.75 Å². The average molecular weight is 474 g/mol. The van der Waals surface area contributed by atoms with E-state index in [-0.39, 0.29) is 0 Å². The summed E-state index contributed by atoms with van der Waals surface area (Å²) in [5.41, 5.74) is 3.86. The van der Waals surface area contributed by atoms with Gasteiger partial charge in [-0.3, -0.25) is 0 Å². The minimum atomic E-state index is 0.798. The van der Waals surface area contributed by atoms with Crippen LogP contribution in [0.2, 0.25) is 0 Å². The predicted molar refractivity (Wildman–Crippen MR) is 146 cm³/mol. The molecule has 2 N–H and O–H groups in total. The molecule has 1 aromatic carbocycles. The van der Waals surface area contributed by atoms with Crippen LogP contribution in [0, 0.1) is 0 Å². The van der Waals surface area contributed by atoms with Gasteiger partial charge < -0.3 is 19.5 Å². The lowest BCUT2D eigenvalue weighted by molar-refractivity contribution is 0.183. The molecule has 4 aromatic rings. The zero-order chi connectivity index (χ0) is 24.5. The Hall–Kier alpha value is -3.34. The van der Waals surface area contributed by atoms with Crippen molar-refractivity contribution in [2.75, 3.05) is 14.2 Å². The summed E-state index contributed by atoms with van der Waals surface area (Å²) in [5, 5.41) is 3.35. The number of hydrogen-bond acceptors (Lipinski definition) is 2. The van der Waals surface area contributed by atoms with Gasteiger partial charge in [0.1, 0.15) is 18.6 Å². The molecular weight excluding hydrogens is 434 g/mol. The van der Waals surface area contributed by atoms with Gasteiger partial charge in [-0.2, -0.15) is 4.73 Å². The van der Waals surface area contributed by atoms with Crippen molar-refractivity contribution in [3.05, 3.63) is 64.9 Å². The Labute approximate surface area is 208 Å². The Kier molecular flexibility index (Phi) is 8.77. The maximum absolute atomic E-state index is 5.68. The number of methoxy groups -OCH3 is 1. The molecule has 5 nitrogen and oxygen atoms in total. The van der Waals surface area contributed by atoms with E-state index in [1.807, 2.05) is 22.9 Å². The molecule has 186 valence electrons. The Morgan fingerprint density at radius 3 is 2.34 bits per heavy atom. The molecule has 0 amide bonds. The molecule has 0 bridgehead atoms. The summed E-state index contributed by atoms with van der Waals surface area (Å²) in [6.45, 7) is 2.27. The van der Waals surface area contributed by atoms with Crippen LogP contribution in [0.15, 0.2) is 48.5 Å². The van der Waals surface area contributed by atoms with Crippen LogP contribution in [0.1, 0.15) is 70.4 Å². The standard InChI is InChI=1S/C30H39N3O2/c1-4-5-6-7-8-9-10-11-12-16-24-18-19-25(31-24)21-27-30(34-2)22-26(32-27)29-20-23-15-13-14-17-28(23)33(29)35-3/h13-22,31-32H,4-12H2,1-3H3. The third-order valence-electron chi connectivity index (χ3n) is 6.61. The molecule has 0 aliphatic carbocycles. The van der Waals surface area contributed by atoms with Crippen molar-refractivity contribution in [3.63, 3.8) is 0 Å². The highest BCUT2D eigenvalue weighted by molar-refractivity contribution is 5.86. The van der Waals surface area contributed by atoms with E-state index in [9.17, 15) is 0 Å². The summed E-state index contributed by atoms with van der Waals surface area (Å²) in [4.78, 5) is 12.7. The topological polar surface area (TPSA) is 55.0 Å². The predicted octanol–water partition coefficient (Wildman–Crippen LogP) is 6.17. The van der Waals surface area contributed by atoms with Gasteiger partial charge >= 0.3 is 0 Å². The van der Waals surface area contributed by atoms with Crippen LogP contribution >= 0.6 is 0 Å². The van der Waals surface area contributed by atoms with Crippen LogP contribution in [-0.4, -0.2) is 28.9 Å². The highest BCUT2D eigenvalue weighted by Gasteiger charge is 2.15. The van der Waals surface area contributed by atoms with E-state index in [4.69, 9.17) is 9.57 Å². The Morgan fingerprint density at radius 2 is 1.57 bits per heavy atom. The minimum Gasteiger partial charge on any atom is -0.494 e. The summed E-state index contributed by atoms with van der Waals surface area (Å²) in [6.07, 6.45) is 16.3. The first-order valence-corrected chi connectivity index (χ1v) is 13.0. The zero-order valence-electron chi connectivity index (χ0n) is 21.4. The number of rotatable bonds is 13. The first-order valence-electron chi connectivity index (χ1n) is 13.0. The molecule has 0 unspecified atom stereocenters. The summed E-state index contributed by atoms with van der Waals surface area (Å²) < 4.78 is 7.52. The van der Waals surface area contributed by atoms with Crippen LogP contribution in [-0.2, 0) is 0 Å². The second-order valence-corrected chi connectivity index (χ2v) is 9.21. The van der Waals surface area contributed by atoms with Gasteiger partial charge in [-0.1, -0.05) is 76.1 Å². The van der Waals surface area contributed by atoms with Gasteiger partial charge in [0, 0.05) is 22.2 Å². The van der Waals surface area contributed by atoms with Crippen molar-refractivity contribution in [1.29, 1.82) is 0 Å². The molecule has 0 spiro atoms. The number of unbranched alkanes of at least 4 members (excludes halogenated alkanes) is 8. The van der Waals surface area contributed by atoms with Gasteiger partial charge in [-0.05, 0) is 43.2 Å². The molecule has 35 heavy (non-hydrogen) atoms. The fraction of sp³-hybridized carbons (Fsp3) is 0.400. The van der Waals surface area contributed by atoms with E-state index in [1.54, 1.807) is 14.2 Å². The lowest BCUT2D eigenvalue weighted by atomic mass is 10.1. The third kappa shape index (κ3) is 6.21. The third-order valence-corrected chi connectivity index (χ3v) is 6.61. The molecule has 0 fully saturated rings. The molecule has 5 heteroatoms. The number of ether oxygens (including phenoxy) is 1. The fourth-order valence-corrected chi connectivity index (χ4v) is 4.70. The molecule has 0 aliphatic heterocycles. The van der Waals surface area contributed by atoms with Gasteiger partial charge in [-0.15, -0.1) is 0 Å². The fourth-order valence-electron chi connectivity index (χ4n) is 4.70. The normalized spacial score (nSPS) is 12.7. The van der Waals surface area contributed by atoms with Crippen molar-refractivity contribution in [3.8, 4) is 17.1 Å². The molecule has 0 aliphatic rings. The first-order chi connectivity index (χ1) is 17.2. The van der Waals surface area contributed by atoms with Crippen molar-refractivity contribution < 1.29 is 9.57 Å². The quantitative estimate of drug-likeness (QED) is 0.228. The number of H-pyrrole nitrogens is 2. The Morgan fingerprint density at radius 1 is 0.829 bits per heavy atom. The molecule has 0 atom stereocenters. The molecule has 0 saturated carbocycles. The number of aromatic nitrogens is 3. The lowest BCUT2D eigenvalue weighted by Crippen LogP contribution is -2.09. The molecule has 4 rings (SSSR count). The number of benzene rings is 1. The largest absolute Gasteiger partial charge is 0.494 e. The summed E-state index contributed by atoms with van der Waals surface area (Å²) in [5.74, 6) is 0.798. The van der Waals surface area contributed by atoms with Crippen molar-refractivity contribution in [2.24, 2.45) is 0 Å². The van der Waals surface area contributed by atoms with Gasteiger partial charge in [0.2, 0.25) is 0 Å². The number of aromatic amines is 2. The number of nitrogens with one attached hydrogen (secondary N) is 2. The second kappa shape index (κ2) is 12.4.